The molecule has 1 heterocycles. The average Bonchev–Trinajstić information content (AvgIpc) is 2.75. The Labute approximate surface area is 170 Å². The fourth-order valence-corrected chi connectivity index (χ4v) is 3.52. The Morgan fingerprint density at radius 3 is 2.57 bits per heavy atom. The highest BCUT2D eigenvalue weighted by Crippen LogP contribution is 2.27. The van der Waals surface area contributed by atoms with Crippen LogP contribution in [-0.4, -0.2) is 25.6 Å². The molecule has 0 amide bonds. The molecule has 1 aliphatic carbocycles. The molecule has 1 aromatic heterocycles. The van der Waals surface area contributed by atoms with Crippen LogP contribution >= 0.6 is 0 Å². The van der Waals surface area contributed by atoms with Gasteiger partial charge in [-0.1, -0.05) is 42.5 Å². The zero-order valence-electron chi connectivity index (χ0n) is 15.8. The third-order valence-corrected chi connectivity index (χ3v) is 4.95. The molecule has 0 spiro atoms. The molecule has 0 radical (unpaired) electrons. The lowest BCUT2D eigenvalue weighted by Gasteiger charge is -2.13. The van der Waals surface area contributed by atoms with Crippen LogP contribution in [0.4, 0.5) is 5.69 Å². The number of nitro benzene ring substituents is 1. The Balaban J connectivity index is 2.03. The van der Waals surface area contributed by atoms with Crippen molar-refractivity contribution in [3.8, 4) is 11.3 Å². The smallest absolute Gasteiger partial charge is 0.335 e. The molecule has 0 unspecified atom stereocenters. The van der Waals surface area contributed by atoms with E-state index in [2.05, 4.69) is 4.98 Å². The van der Waals surface area contributed by atoms with Crippen molar-refractivity contribution in [3.05, 3.63) is 90.8 Å². The highest BCUT2D eigenvalue weighted by atomic mass is 16.6. The van der Waals surface area contributed by atoms with Crippen LogP contribution in [0.15, 0.2) is 53.3 Å². The van der Waals surface area contributed by atoms with E-state index >= 15 is 0 Å². The van der Waals surface area contributed by atoms with Crippen molar-refractivity contribution < 1.29 is 14.8 Å². The van der Waals surface area contributed by atoms with Crippen molar-refractivity contribution in [2.75, 3.05) is 0 Å². The lowest BCUT2D eigenvalue weighted by Crippen LogP contribution is -2.47. The van der Waals surface area contributed by atoms with Gasteiger partial charge in [-0.3, -0.25) is 14.9 Å². The van der Waals surface area contributed by atoms with Crippen molar-refractivity contribution in [1.29, 1.82) is 0 Å². The maximum atomic E-state index is 13.4. The lowest BCUT2D eigenvalue weighted by molar-refractivity contribution is -0.384. The molecule has 150 valence electrons. The summed E-state index contributed by atoms with van der Waals surface area (Å²) in [5.41, 5.74) is -0.365. The molecule has 0 bridgehead atoms. The van der Waals surface area contributed by atoms with E-state index in [1.807, 2.05) is 42.5 Å². The molecule has 8 nitrogen and oxygen atoms in total. The van der Waals surface area contributed by atoms with Crippen LogP contribution in [0.3, 0.4) is 0 Å². The lowest BCUT2D eigenvalue weighted by atomic mass is 10.0. The highest BCUT2D eigenvalue weighted by molar-refractivity contribution is 5.90. The van der Waals surface area contributed by atoms with Gasteiger partial charge in [0.2, 0.25) is 0 Å². The van der Waals surface area contributed by atoms with Gasteiger partial charge in [0.1, 0.15) is 5.69 Å². The number of aromatic nitrogens is 2. The summed E-state index contributed by atoms with van der Waals surface area (Å²) in [4.78, 5) is 40.1. The van der Waals surface area contributed by atoms with Crippen molar-refractivity contribution in [1.82, 2.24) is 9.55 Å². The molecular weight excluding hydrogens is 386 g/mol. The second-order valence-electron chi connectivity index (χ2n) is 6.89. The molecule has 4 rings (SSSR count). The maximum absolute atomic E-state index is 13.4. The first kappa shape index (κ1) is 19.3. The molecule has 0 atom stereocenters. The molecule has 1 aliphatic rings. The summed E-state index contributed by atoms with van der Waals surface area (Å²) in [6.07, 6.45) is 5.31. The number of fused-ring (bicyclic) bond motifs is 1. The number of aromatic carboxylic acids is 1. The molecule has 0 saturated heterocycles. The Hall–Kier alpha value is -4.07. The molecule has 8 heteroatoms. The maximum Gasteiger partial charge on any atom is 0.335 e. The topological polar surface area (TPSA) is 115 Å². The van der Waals surface area contributed by atoms with E-state index in [1.54, 1.807) is 4.57 Å². The monoisotopic (exact) mass is 403 g/mol. The second-order valence-corrected chi connectivity index (χ2v) is 6.89. The van der Waals surface area contributed by atoms with E-state index in [-0.39, 0.29) is 29.1 Å². The Morgan fingerprint density at radius 2 is 1.87 bits per heavy atom. The zero-order chi connectivity index (χ0) is 21.3. The van der Waals surface area contributed by atoms with Crippen molar-refractivity contribution >= 4 is 23.8 Å². The van der Waals surface area contributed by atoms with Gasteiger partial charge < -0.3 is 9.67 Å². The Kier molecular flexibility index (Phi) is 4.97. The van der Waals surface area contributed by atoms with Gasteiger partial charge in [0.25, 0.3) is 11.2 Å². The first-order valence-electron chi connectivity index (χ1n) is 9.33. The normalized spacial score (nSPS) is 12.4. The summed E-state index contributed by atoms with van der Waals surface area (Å²) in [6, 6.07) is 12.8. The van der Waals surface area contributed by atoms with Gasteiger partial charge in [0.15, 0.2) is 0 Å². The molecule has 0 aliphatic heterocycles. The number of nitrogens with zero attached hydrogens (tertiary/aromatic N) is 3. The van der Waals surface area contributed by atoms with Crippen molar-refractivity contribution in [2.45, 2.75) is 19.4 Å². The van der Waals surface area contributed by atoms with Gasteiger partial charge in [0, 0.05) is 6.07 Å². The summed E-state index contributed by atoms with van der Waals surface area (Å²) in [5.74, 6) is -1.24. The zero-order valence-corrected chi connectivity index (χ0v) is 15.8. The van der Waals surface area contributed by atoms with Crippen LogP contribution in [0, 0.1) is 10.1 Å². The first-order chi connectivity index (χ1) is 14.5. The molecule has 1 N–H and O–H groups in total. The van der Waals surface area contributed by atoms with Crippen LogP contribution in [0.25, 0.3) is 23.4 Å². The molecule has 30 heavy (non-hydrogen) atoms. The van der Waals surface area contributed by atoms with Crippen LogP contribution in [0.5, 0.6) is 0 Å². The number of rotatable bonds is 5. The molecule has 2 aromatic carbocycles. The summed E-state index contributed by atoms with van der Waals surface area (Å²) < 4.78 is 1.54. The summed E-state index contributed by atoms with van der Waals surface area (Å²) in [5, 5.41) is 22.1. The summed E-state index contributed by atoms with van der Waals surface area (Å²) in [7, 11) is 0. The molecular formula is C22H17N3O5. The van der Waals surface area contributed by atoms with E-state index in [4.69, 9.17) is 0 Å². The number of nitro groups is 1. The minimum Gasteiger partial charge on any atom is -0.478 e. The Bertz CT molecular complexity index is 1340. The minimum atomic E-state index is -1.24. The molecule has 0 saturated carbocycles. The third-order valence-electron chi connectivity index (χ3n) is 4.95. The van der Waals surface area contributed by atoms with Gasteiger partial charge in [0.05, 0.1) is 33.3 Å². The molecule has 0 fully saturated rings. The van der Waals surface area contributed by atoms with Gasteiger partial charge in [-0.25, -0.2) is 9.78 Å². The SMILES string of the molecule is O=C(O)c1ccc([N+](=O)[O-])c(-c2nc3c(n(Cc4ccccc4)c2=O)=CCCC=3)c1. The summed E-state index contributed by atoms with van der Waals surface area (Å²) in [6.45, 7) is 0.272. The fraction of sp³-hybridized carbons (Fsp3) is 0.136. The van der Waals surface area contributed by atoms with Crippen molar-refractivity contribution in [3.63, 3.8) is 0 Å². The van der Waals surface area contributed by atoms with Crippen molar-refractivity contribution in [2.24, 2.45) is 0 Å². The average molecular weight is 403 g/mol. The third kappa shape index (κ3) is 3.50. The largest absolute Gasteiger partial charge is 0.478 e. The van der Waals surface area contributed by atoms with E-state index in [0.29, 0.717) is 10.7 Å². The number of hydrogen-bond acceptors (Lipinski definition) is 5. The second kappa shape index (κ2) is 7.75. The van der Waals surface area contributed by atoms with Crippen LogP contribution in [0.2, 0.25) is 0 Å². The van der Waals surface area contributed by atoms with E-state index in [1.165, 1.54) is 0 Å². The Morgan fingerprint density at radius 1 is 1.13 bits per heavy atom. The number of carbonyl (C=O) groups is 1. The minimum absolute atomic E-state index is 0.103. The van der Waals surface area contributed by atoms with Gasteiger partial charge >= 0.3 is 5.97 Å². The molecule has 3 aromatic rings. The highest BCUT2D eigenvalue weighted by Gasteiger charge is 2.23. The van der Waals surface area contributed by atoms with E-state index < -0.39 is 16.5 Å². The standard InChI is InChI=1S/C22H17N3O5/c26-21-20(16-12-15(22(27)28)10-11-18(16)25(29)30)23-17-8-4-5-9-19(17)24(21)13-14-6-2-1-3-7-14/h1-3,6-12H,4-5,13H2,(H,27,28). The van der Waals surface area contributed by atoms with Gasteiger partial charge in [-0.2, -0.15) is 0 Å². The first-order valence-corrected chi connectivity index (χ1v) is 9.33. The number of hydrogen-bond donors (Lipinski definition) is 1. The van der Waals surface area contributed by atoms with E-state index in [0.717, 1.165) is 36.6 Å². The van der Waals surface area contributed by atoms with Crippen LogP contribution in [-0.2, 0) is 6.54 Å². The number of benzene rings is 2. The van der Waals surface area contributed by atoms with Crippen LogP contribution < -0.4 is 16.3 Å². The summed E-state index contributed by atoms with van der Waals surface area (Å²) >= 11 is 0. The predicted molar refractivity (Wildman–Crippen MR) is 111 cm³/mol. The van der Waals surface area contributed by atoms with Gasteiger partial charge in [-0.05, 0) is 30.5 Å². The fourth-order valence-electron chi connectivity index (χ4n) is 3.52. The predicted octanol–water partition coefficient (Wildman–Crippen LogP) is 1.92. The number of carboxylic acid groups (broad SMARTS) is 1. The van der Waals surface area contributed by atoms with E-state index in [9.17, 15) is 24.8 Å². The van der Waals surface area contributed by atoms with Crippen LogP contribution in [0.1, 0.15) is 28.8 Å². The van der Waals surface area contributed by atoms with Gasteiger partial charge in [-0.15, -0.1) is 0 Å². The quantitative estimate of drug-likeness (QED) is 0.514. The number of carboxylic acids is 1.